The highest BCUT2D eigenvalue weighted by Gasteiger charge is 2.33. The molecule has 10 heteroatoms. The topological polar surface area (TPSA) is 79.8 Å². The first-order valence-electron chi connectivity index (χ1n) is 12.9. The lowest BCUT2D eigenvalue weighted by molar-refractivity contribution is 0.0884. The van der Waals surface area contributed by atoms with Crippen molar-refractivity contribution >= 4 is 35.0 Å². The van der Waals surface area contributed by atoms with Crippen LogP contribution in [0, 0.1) is 12.8 Å². The van der Waals surface area contributed by atoms with Crippen molar-refractivity contribution in [2.45, 2.75) is 64.5 Å². The summed E-state index contributed by atoms with van der Waals surface area (Å²) in [6.45, 7) is 9.91. The zero-order valence-corrected chi connectivity index (χ0v) is 24.8. The average molecular weight is 584 g/mol. The molecule has 0 amide bonds. The summed E-state index contributed by atoms with van der Waals surface area (Å²) < 4.78 is 12.4. The van der Waals surface area contributed by atoms with Gasteiger partial charge in [0.1, 0.15) is 35.7 Å². The third-order valence-corrected chi connectivity index (χ3v) is 9.70. The molecule has 37 heavy (non-hydrogen) atoms. The van der Waals surface area contributed by atoms with Gasteiger partial charge in [-0.05, 0) is 65.4 Å². The monoisotopic (exact) mass is 582 g/mol. The lowest BCUT2D eigenvalue weighted by Crippen LogP contribution is -2.25. The van der Waals surface area contributed by atoms with E-state index in [1.54, 1.807) is 10.9 Å². The van der Waals surface area contributed by atoms with Gasteiger partial charge in [0.15, 0.2) is 0 Å². The van der Waals surface area contributed by atoms with E-state index in [0.29, 0.717) is 30.3 Å². The molecule has 0 radical (unpaired) electrons. The molecule has 4 aromatic rings. The molecule has 0 unspecified atom stereocenters. The Morgan fingerprint density at radius 1 is 1.24 bits per heavy atom. The third kappa shape index (κ3) is 5.24. The number of benzene rings is 1. The van der Waals surface area contributed by atoms with Crippen molar-refractivity contribution in [2.24, 2.45) is 13.0 Å². The van der Waals surface area contributed by atoms with Crippen molar-refractivity contribution < 1.29 is 4.74 Å². The van der Waals surface area contributed by atoms with Crippen LogP contribution in [-0.4, -0.2) is 43.6 Å². The minimum absolute atomic E-state index is 0.108. The number of hydrogen-bond acceptors (Lipinski definition) is 5. The zero-order chi connectivity index (χ0) is 26.3. The van der Waals surface area contributed by atoms with Gasteiger partial charge >= 0.3 is 0 Å². The Hall–Kier alpha value is -2.56. The Morgan fingerprint density at radius 2 is 2.03 bits per heavy atom. The number of imidazole rings is 1. The van der Waals surface area contributed by atoms with Crippen LogP contribution in [0.3, 0.4) is 0 Å². The first-order chi connectivity index (χ1) is 17.6. The number of fused-ring (bicyclic) bond motifs is 1. The van der Waals surface area contributed by atoms with Gasteiger partial charge in [-0.15, -0.1) is 10.2 Å². The van der Waals surface area contributed by atoms with Gasteiger partial charge in [0.25, 0.3) is 5.56 Å². The van der Waals surface area contributed by atoms with Crippen LogP contribution < -0.4 is 5.56 Å². The molecule has 3 aromatic heterocycles. The molecule has 3 heterocycles. The first kappa shape index (κ1) is 26.1. The number of rotatable bonds is 9. The van der Waals surface area contributed by atoms with Gasteiger partial charge < -0.3 is 9.30 Å². The second kappa shape index (κ2) is 10.3. The molecule has 8 nitrogen and oxygen atoms in total. The maximum absolute atomic E-state index is 13.9. The van der Waals surface area contributed by atoms with E-state index in [0.717, 1.165) is 33.4 Å². The molecule has 0 bridgehead atoms. The fourth-order valence-corrected chi connectivity index (χ4v) is 6.26. The van der Waals surface area contributed by atoms with Gasteiger partial charge in [-0.3, -0.25) is 13.9 Å². The first-order valence-corrected chi connectivity index (χ1v) is 17.4. The lowest BCUT2D eigenvalue weighted by atomic mass is 9.72. The van der Waals surface area contributed by atoms with Gasteiger partial charge in [-0.2, -0.15) is 0 Å². The summed E-state index contributed by atoms with van der Waals surface area (Å²) in [7, 11) is 0.798. The van der Waals surface area contributed by atoms with Crippen molar-refractivity contribution in [3.05, 3.63) is 68.8 Å². The fraction of sp³-hybridized carbons (Fsp3) is 0.481. The standard InChI is InChI=1S/C27H35BrN6O2Si/c1-18-30-24-22(28)15-33(27(35)25(24)34(18)17-36-12-13-37(3,4)5)21-11-7-10-20(14-21)23(19-8-6-9-19)26-31-29-16-32(26)2/h7,10-11,14-16,19,23H,6,8-9,12-13,17H2,1-5H3/t23-/m1/s1. The zero-order valence-electron chi connectivity index (χ0n) is 22.2. The summed E-state index contributed by atoms with van der Waals surface area (Å²) >= 11 is 3.67. The highest BCUT2D eigenvalue weighted by Crippen LogP contribution is 2.42. The number of nitrogens with zero attached hydrogens (tertiary/aromatic N) is 6. The van der Waals surface area contributed by atoms with Gasteiger partial charge in [0.05, 0.1) is 4.47 Å². The molecule has 0 spiro atoms. The Kier molecular flexibility index (Phi) is 7.26. The fourth-order valence-electron chi connectivity index (χ4n) is 5.03. The number of pyridine rings is 1. The Morgan fingerprint density at radius 3 is 2.68 bits per heavy atom. The molecular weight excluding hydrogens is 548 g/mol. The molecule has 1 aromatic carbocycles. The minimum atomic E-state index is -1.20. The van der Waals surface area contributed by atoms with Crippen LogP contribution in [-0.2, 0) is 18.5 Å². The number of ether oxygens (including phenoxy) is 1. The van der Waals surface area contributed by atoms with Crippen LogP contribution in [0.1, 0.15) is 42.4 Å². The smallest absolute Gasteiger partial charge is 0.281 e. The van der Waals surface area contributed by atoms with E-state index < -0.39 is 8.07 Å². The summed E-state index contributed by atoms with van der Waals surface area (Å²) in [4.78, 5) is 18.6. The summed E-state index contributed by atoms with van der Waals surface area (Å²) in [6, 6.07) is 9.35. The van der Waals surface area contributed by atoms with E-state index >= 15 is 0 Å². The normalized spacial score (nSPS) is 15.3. The molecule has 1 aliphatic rings. The van der Waals surface area contributed by atoms with Crippen molar-refractivity contribution in [2.75, 3.05) is 6.61 Å². The molecule has 0 aliphatic heterocycles. The molecule has 1 saturated carbocycles. The van der Waals surface area contributed by atoms with Crippen molar-refractivity contribution in [3.63, 3.8) is 0 Å². The molecule has 1 fully saturated rings. The number of halogens is 1. The van der Waals surface area contributed by atoms with Crippen LogP contribution in [0.15, 0.2) is 46.1 Å². The Labute approximate surface area is 226 Å². The molecule has 0 saturated heterocycles. The van der Waals surface area contributed by atoms with Crippen molar-refractivity contribution in [1.82, 2.24) is 28.9 Å². The Balaban J connectivity index is 1.54. The quantitative estimate of drug-likeness (QED) is 0.189. The minimum Gasteiger partial charge on any atom is -0.361 e. The molecule has 196 valence electrons. The van der Waals surface area contributed by atoms with Gasteiger partial charge in [-0.1, -0.05) is 38.2 Å². The van der Waals surface area contributed by atoms with Crippen LogP contribution in [0.4, 0.5) is 0 Å². The average Bonchev–Trinajstić information content (AvgIpc) is 3.38. The lowest BCUT2D eigenvalue weighted by Gasteiger charge is -2.33. The predicted molar refractivity (Wildman–Crippen MR) is 152 cm³/mol. The highest BCUT2D eigenvalue weighted by molar-refractivity contribution is 9.10. The van der Waals surface area contributed by atoms with Gasteiger partial charge in [0, 0.05) is 39.5 Å². The summed E-state index contributed by atoms with van der Waals surface area (Å²) in [5.74, 6) is 2.41. The van der Waals surface area contributed by atoms with E-state index in [-0.39, 0.29) is 11.5 Å². The SMILES string of the molecule is Cc1nc2c(Br)cn(-c3cccc([C@H](c4nncn4C)C4CCC4)c3)c(=O)c2n1COCC[Si](C)(C)C. The highest BCUT2D eigenvalue weighted by atomic mass is 79.9. The second-order valence-electron chi connectivity index (χ2n) is 11.3. The Bertz CT molecular complexity index is 1480. The van der Waals surface area contributed by atoms with Crippen molar-refractivity contribution in [3.8, 4) is 5.69 Å². The summed E-state index contributed by atoms with van der Waals surface area (Å²) in [5, 5.41) is 8.59. The molecule has 5 rings (SSSR count). The molecule has 1 aliphatic carbocycles. The predicted octanol–water partition coefficient (Wildman–Crippen LogP) is 5.63. The number of aromatic nitrogens is 6. The maximum Gasteiger partial charge on any atom is 0.281 e. The van der Waals surface area contributed by atoms with Gasteiger partial charge in [-0.25, -0.2) is 4.98 Å². The maximum atomic E-state index is 13.9. The van der Waals surface area contributed by atoms with E-state index in [4.69, 9.17) is 4.74 Å². The largest absolute Gasteiger partial charge is 0.361 e. The van der Waals surface area contributed by atoms with E-state index in [9.17, 15) is 4.79 Å². The summed E-state index contributed by atoms with van der Waals surface area (Å²) in [5.41, 5.74) is 3.08. The second-order valence-corrected chi connectivity index (χ2v) is 17.8. The summed E-state index contributed by atoms with van der Waals surface area (Å²) in [6.07, 6.45) is 7.18. The molecule has 1 atom stereocenters. The molecule has 0 N–H and O–H groups in total. The van der Waals surface area contributed by atoms with Crippen LogP contribution in [0.2, 0.25) is 25.7 Å². The van der Waals surface area contributed by atoms with Crippen LogP contribution in [0.5, 0.6) is 0 Å². The van der Waals surface area contributed by atoms with Crippen molar-refractivity contribution in [1.29, 1.82) is 0 Å². The third-order valence-electron chi connectivity index (χ3n) is 7.42. The van der Waals surface area contributed by atoms with Crippen LogP contribution in [0.25, 0.3) is 16.7 Å². The van der Waals surface area contributed by atoms with Crippen LogP contribution >= 0.6 is 15.9 Å². The van der Waals surface area contributed by atoms with Gasteiger partial charge in [0.2, 0.25) is 0 Å². The number of hydrogen-bond donors (Lipinski definition) is 0. The van der Waals surface area contributed by atoms with E-state index in [1.165, 1.54) is 19.3 Å². The molecular formula is C27H35BrN6O2Si. The number of aryl methyl sites for hydroxylation is 2. The van der Waals surface area contributed by atoms with E-state index in [2.05, 4.69) is 62.9 Å². The van der Waals surface area contributed by atoms with E-state index in [1.807, 2.05) is 41.4 Å².